The highest BCUT2D eigenvalue weighted by molar-refractivity contribution is 5.89. The van der Waals surface area contributed by atoms with Crippen molar-refractivity contribution in [2.75, 3.05) is 18.4 Å². The van der Waals surface area contributed by atoms with E-state index in [1.54, 1.807) is 23.1 Å². The molecule has 23 heavy (non-hydrogen) atoms. The number of hydrogen-bond donors (Lipinski definition) is 2. The Labute approximate surface area is 134 Å². The zero-order valence-corrected chi connectivity index (χ0v) is 13.1. The molecule has 6 nitrogen and oxygen atoms in total. The molecule has 1 aliphatic heterocycles. The van der Waals surface area contributed by atoms with Gasteiger partial charge in [-0.15, -0.1) is 0 Å². The standard InChI is InChI=1S/C16H20FN5O/c1-11-18-15(21-20-11)10-12-6-8-22(9-7-12)16(23)19-14-5-3-2-4-13(14)17/h2-5,12H,6-10H2,1H3,(H,19,23)(H,18,20,21). The van der Waals surface area contributed by atoms with Gasteiger partial charge in [0.25, 0.3) is 0 Å². The first-order valence-corrected chi connectivity index (χ1v) is 7.80. The Kier molecular flexibility index (Phi) is 4.55. The van der Waals surface area contributed by atoms with Gasteiger partial charge in [-0.25, -0.2) is 14.2 Å². The van der Waals surface area contributed by atoms with Gasteiger partial charge in [0.05, 0.1) is 5.69 Å². The number of hydrogen-bond acceptors (Lipinski definition) is 3. The Morgan fingerprint density at radius 1 is 1.39 bits per heavy atom. The normalized spacial score (nSPS) is 15.7. The van der Waals surface area contributed by atoms with Gasteiger partial charge in [-0.1, -0.05) is 12.1 Å². The Morgan fingerprint density at radius 2 is 2.13 bits per heavy atom. The monoisotopic (exact) mass is 317 g/mol. The summed E-state index contributed by atoms with van der Waals surface area (Å²) in [6.07, 6.45) is 2.63. The van der Waals surface area contributed by atoms with Crippen LogP contribution < -0.4 is 5.32 Å². The summed E-state index contributed by atoms with van der Waals surface area (Å²) in [5.74, 6) is 1.71. The minimum Gasteiger partial charge on any atom is -0.325 e. The van der Waals surface area contributed by atoms with Crippen LogP contribution in [0.2, 0.25) is 0 Å². The minimum absolute atomic E-state index is 0.218. The molecule has 2 N–H and O–H groups in total. The Bertz CT molecular complexity index is 679. The van der Waals surface area contributed by atoms with E-state index in [9.17, 15) is 9.18 Å². The minimum atomic E-state index is -0.421. The van der Waals surface area contributed by atoms with Crippen LogP contribution >= 0.6 is 0 Å². The number of benzene rings is 1. The molecule has 2 heterocycles. The molecule has 0 atom stereocenters. The first-order chi connectivity index (χ1) is 11.1. The largest absolute Gasteiger partial charge is 0.325 e. The van der Waals surface area contributed by atoms with Crippen LogP contribution in [-0.4, -0.2) is 39.2 Å². The molecular formula is C16H20FN5O. The molecule has 0 bridgehead atoms. The summed E-state index contributed by atoms with van der Waals surface area (Å²) < 4.78 is 13.6. The first kappa shape index (κ1) is 15.5. The predicted molar refractivity (Wildman–Crippen MR) is 84.5 cm³/mol. The van der Waals surface area contributed by atoms with Crippen molar-refractivity contribution in [2.45, 2.75) is 26.2 Å². The first-order valence-electron chi connectivity index (χ1n) is 7.80. The number of para-hydroxylation sites is 1. The summed E-state index contributed by atoms with van der Waals surface area (Å²) in [7, 11) is 0. The van der Waals surface area contributed by atoms with Gasteiger partial charge in [0.1, 0.15) is 11.6 Å². The number of aromatic amines is 1. The summed E-state index contributed by atoms with van der Waals surface area (Å²) >= 11 is 0. The Hall–Kier alpha value is -2.44. The number of carbonyl (C=O) groups is 1. The van der Waals surface area contributed by atoms with E-state index in [0.29, 0.717) is 19.0 Å². The number of urea groups is 1. The number of rotatable bonds is 3. The SMILES string of the molecule is Cc1nc(CC2CCN(C(=O)Nc3ccccc3F)CC2)n[nH]1. The average Bonchev–Trinajstić information content (AvgIpc) is 2.95. The van der Waals surface area contributed by atoms with Crippen LogP contribution in [0.1, 0.15) is 24.5 Å². The molecule has 0 unspecified atom stereocenters. The highest BCUT2D eigenvalue weighted by atomic mass is 19.1. The number of nitrogens with one attached hydrogen (secondary N) is 2. The number of halogens is 1. The molecule has 3 rings (SSSR count). The van der Waals surface area contributed by atoms with Crippen LogP contribution in [0.4, 0.5) is 14.9 Å². The molecule has 0 radical (unpaired) electrons. The molecule has 0 aliphatic carbocycles. The lowest BCUT2D eigenvalue weighted by Crippen LogP contribution is -2.41. The second kappa shape index (κ2) is 6.76. The number of likely N-dealkylation sites (tertiary alicyclic amines) is 1. The van der Waals surface area contributed by atoms with Crippen molar-refractivity contribution in [2.24, 2.45) is 5.92 Å². The molecule has 7 heteroatoms. The summed E-state index contributed by atoms with van der Waals surface area (Å²) in [5, 5.41) is 9.64. The molecule has 1 saturated heterocycles. The zero-order valence-electron chi connectivity index (χ0n) is 13.1. The van der Waals surface area contributed by atoms with Crippen molar-refractivity contribution < 1.29 is 9.18 Å². The number of piperidine rings is 1. The lowest BCUT2D eigenvalue weighted by atomic mass is 9.93. The van der Waals surface area contributed by atoms with E-state index >= 15 is 0 Å². The molecule has 1 aromatic carbocycles. The quantitative estimate of drug-likeness (QED) is 0.914. The third-order valence-electron chi connectivity index (χ3n) is 4.13. The average molecular weight is 317 g/mol. The van der Waals surface area contributed by atoms with Crippen molar-refractivity contribution in [1.29, 1.82) is 0 Å². The van der Waals surface area contributed by atoms with Crippen molar-refractivity contribution >= 4 is 11.7 Å². The number of amides is 2. The van der Waals surface area contributed by atoms with Gasteiger partial charge in [0, 0.05) is 19.5 Å². The molecular weight excluding hydrogens is 297 g/mol. The number of carbonyl (C=O) groups excluding carboxylic acids is 1. The summed E-state index contributed by atoms with van der Waals surface area (Å²) in [4.78, 5) is 18.3. The summed E-state index contributed by atoms with van der Waals surface area (Å²) in [5.41, 5.74) is 0.218. The molecule has 1 aromatic heterocycles. The zero-order chi connectivity index (χ0) is 16.2. The Balaban J connectivity index is 1.50. The van der Waals surface area contributed by atoms with Crippen molar-refractivity contribution in [3.8, 4) is 0 Å². The number of anilines is 1. The Morgan fingerprint density at radius 3 is 2.78 bits per heavy atom. The van der Waals surface area contributed by atoms with Gasteiger partial charge in [-0.05, 0) is 37.8 Å². The number of nitrogens with zero attached hydrogens (tertiary/aromatic N) is 3. The maximum atomic E-state index is 13.6. The van der Waals surface area contributed by atoms with Crippen LogP contribution in [0.15, 0.2) is 24.3 Å². The van der Waals surface area contributed by atoms with E-state index in [1.807, 2.05) is 6.92 Å². The van der Waals surface area contributed by atoms with Gasteiger partial charge in [-0.2, -0.15) is 5.10 Å². The predicted octanol–water partition coefficient (Wildman–Crippen LogP) is 2.74. The molecule has 122 valence electrons. The lowest BCUT2D eigenvalue weighted by molar-refractivity contribution is 0.182. The highest BCUT2D eigenvalue weighted by Crippen LogP contribution is 2.21. The molecule has 2 amide bonds. The molecule has 0 spiro atoms. The van der Waals surface area contributed by atoms with Crippen molar-refractivity contribution in [3.63, 3.8) is 0 Å². The van der Waals surface area contributed by atoms with Crippen molar-refractivity contribution in [3.05, 3.63) is 41.7 Å². The van der Waals surface area contributed by atoms with E-state index in [-0.39, 0.29) is 11.7 Å². The van der Waals surface area contributed by atoms with E-state index in [1.165, 1.54) is 6.07 Å². The molecule has 1 aliphatic rings. The molecule has 2 aromatic rings. The van der Waals surface area contributed by atoms with E-state index < -0.39 is 5.82 Å². The number of aromatic nitrogens is 3. The smallest absolute Gasteiger partial charge is 0.321 e. The summed E-state index contributed by atoms with van der Waals surface area (Å²) in [6, 6.07) is 5.94. The van der Waals surface area contributed by atoms with E-state index in [0.717, 1.165) is 30.9 Å². The van der Waals surface area contributed by atoms with E-state index in [4.69, 9.17) is 0 Å². The van der Waals surface area contributed by atoms with Gasteiger partial charge in [-0.3, -0.25) is 5.10 Å². The van der Waals surface area contributed by atoms with Gasteiger partial charge < -0.3 is 10.2 Å². The third kappa shape index (κ3) is 3.85. The fourth-order valence-corrected chi connectivity index (χ4v) is 2.84. The van der Waals surface area contributed by atoms with E-state index in [2.05, 4.69) is 20.5 Å². The fourth-order valence-electron chi connectivity index (χ4n) is 2.84. The third-order valence-corrected chi connectivity index (χ3v) is 4.13. The number of aryl methyl sites for hydroxylation is 1. The maximum Gasteiger partial charge on any atom is 0.321 e. The number of H-pyrrole nitrogens is 1. The lowest BCUT2D eigenvalue weighted by Gasteiger charge is -2.31. The van der Waals surface area contributed by atoms with Crippen LogP contribution in [0.3, 0.4) is 0 Å². The second-order valence-electron chi connectivity index (χ2n) is 5.88. The van der Waals surface area contributed by atoms with Crippen LogP contribution in [0.25, 0.3) is 0 Å². The van der Waals surface area contributed by atoms with Crippen LogP contribution in [-0.2, 0) is 6.42 Å². The highest BCUT2D eigenvalue weighted by Gasteiger charge is 2.24. The maximum absolute atomic E-state index is 13.6. The molecule has 0 saturated carbocycles. The van der Waals surface area contributed by atoms with Gasteiger partial charge in [0.2, 0.25) is 0 Å². The summed E-state index contributed by atoms with van der Waals surface area (Å²) in [6.45, 7) is 3.20. The van der Waals surface area contributed by atoms with Gasteiger partial charge in [0.15, 0.2) is 5.82 Å². The van der Waals surface area contributed by atoms with Crippen LogP contribution in [0.5, 0.6) is 0 Å². The van der Waals surface area contributed by atoms with Crippen LogP contribution in [0, 0.1) is 18.7 Å². The van der Waals surface area contributed by atoms with Crippen molar-refractivity contribution in [1.82, 2.24) is 20.1 Å². The van der Waals surface area contributed by atoms with Gasteiger partial charge >= 0.3 is 6.03 Å². The second-order valence-corrected chi connectivity index (χ2v) is 5.88. The topological polar surface area (TPSA) is 73.9 Å². The fraction of sp³-hybridized carbons (Fsp3) is 0.438. The molecule has 1 fully saturated rings.